The Labute approximate surface area is 428 Å². The summed E-state index contributed by atoms with van der Waals surface area (Å²) in [6.07, 6.45) is 3.08. The number of methoxy groups -OCH3 is 2. The van der Waals surface area contributed by atoms with Gasteiger partial charge >= 0.3 is 12.2 Å². The van der Waals surface area contributed by atoms with Crippen molar-refractivity contribution >= 4 is 46.5 Å². The predicted molar refractivity (Wildman–Crippen MR) is 288 cm³/mol. The van der Waals surface area contributed by atoms with Gasteiger partial charge in [0.15, 0.2) is 0 Å². The first-order chi connectivity index (χ1) is 31.6. The molecule has 2 aliphatic heterocycles. The minimum atomic E-state index is -0.484. The molecule has 0 N–H and O–H groups in total. The smallest absolute Gasteiger partial charge is 0.410 e. The Bertz CT molecular complexity index is 2350. The fraction of sp³-hybridized carbons (Fsp3) is 0.643. The van der Waals surface area contributed by atoms with Gasteiger partial charge < -0.3 is 28.7 Å². The maximum absolute atomic E-state index is 12.4. The third kappa shape index (κ3) is 14.4. The van der Waals surface area contributed by atoms with E-state index in [0.717, 1.165) is 80.8 Å². The quantitative estimate of drug-likeness (QED) is 0.188. The highest BCUT2D eigenvalue weighted by atomic mass is 35.5. The predicted octanol–water partition coefficient (Wildman–Crippen LogP) is 15.7. The Morgan fingerprint density at radius 1 is 0.551 bits per heavy atom. The molecule has 382 valence electrons. The van der Waals surface area contributed by atoms with Crippen molar-refractivity contribution in [3.8, 4) is 34.0 Å². The number of halogens is 1. The number of ether oxygens (including phenoxy) is 4. The highest BCUT2D eigenvalue weighted by Gasteiger charge is 2.34. The Hall–Kier alpha value is -3.87. The van der Waals surface area contributed by atoms with Crippen LogP contribution in [0.25, 0.3) is 22.5 Å². The largest absolute Gasteiger partial charge is 0.496 e. The van der Waals surface area contributed by atoms with Crippen LogP contribution in [-0.2, 0) is 31.1 Å². The van der Waals surface area contributed by atoms with Crippen LogP contribution in [0.3, 0.4) is 0 Å². The zero-order valence-corrected chi connectivity index (χ0v) is 48.0. The van der Waals surface area contributed by atoms with Gasteiger partial charge in [0, 0.05) is 76.8 Å². The van der Waals surface area contributed by atoms with Crippen molar-refractivity contribution in [2.45, 2.75) is 195 Å². The average Bonchev–Trinajstić information content (AvgIpc) is 3.88. The van der Waals surface area contributed by atoms with Crippen LogP contribution in [0.1, 0.15) is 194 Å². The second-order valence-electron chi connectivity index (χ2n) is 24.9. The third-order valence-corrected chi connectivity index (χ3v) is 14.9. The van der Waals surface area contributed by atoms with E-state index < -0.39 is 11.2 Å². The Morgan fingerprint density at radius 3 is 1.23 bits per heavy atom. The monoisotopic (exact) mass is 1010 g/mol. The molecule has 69 heavy (non-hydrogen) atoms. The summed E-state index contributed by atoms with van der Waals surface area (Å²) in [5.74, 6) is 2.58. The van der Waals surface area contributed by atoms with E-state index in [1.54, 1.807) is 41.8 Å². The van der Waals surface area contributed by atoms with Crippen LogP contribution in [0, 0.1) is 0 Å². The summed E-state index contributed by atoms with van der Waals surface area (Å²) in [5, 5.41) is 4.37. The molecule has 0 bridgehead atoms. The normalized spacial score (nSPS) is 16.0. The molecule has 0 atom stereocenters. The lowest BCUT2D eigenvalue weighted by atomic mass is 9.78. The molecule has 0 spiro atoms. The van der Waals surface area contributed by atoms with E-state index in [1.165, 1.54) is 11.1 Å². The van der Waals surface area contributed by atoms with E-state index in [9.17, 15) is 9.59 Å². The van der Waals surface area contributed by atoms with E-state index in [-0.39, 0.29) is 39.8 Å². The lowest BCUT2D eigenvalue weighted by Crippen LogP contribution is -2.41. The molecule has 10 nitrogen and oxygen atoms in total. The van der Waals surface area contributed by atoms with Crippen LogP contribution >= 0.6 is 34.3 Å². The van der Waals surface area contributed by atoms with Crippen molar-refractivity contribution in [2.24, 2.45) is 0 Å². The molecule has 2 amide bonds. The summed E-state index contributed by atoms with van der Waals surface area (Å²) < 4.78 is 23.6. The number of hydrogen-bond donors (Lipinski definition) is 0. The number of carbonyl (C=O) groups excluding carboxylic acids is 2. The first-order valence-corrected chi connectivity index (χ1v) is 26.7. The molecule has 0 radical (unpaired) electrons. The summed E-state index contributed by atoms with van der Waals surface area (Å²) in [6, 6.07) is 8.86. The van der Waals surface area contributed by atoms with Crippen LogP contribution in [-0.4, -0.2) is 83.6 Å². The summed E-state index contributed by atoms with van der Waals surface area (Å²) >= 11 is 10.1. The van der Waals surface area contributed by atoms with Gasteiger partial charge in [0.25, 0.3) is 0 Å². The Balaban J connectivity index is 0.000000258. The molecule has 2 saturated heterocycles. The van der Waals surface area contributed by atoms with E-state index >= 15 is 0 Å². The van der Waals surface area contributed by atoms with Gasteiger partial charge in [0.1, 0.15) is 32.7 Å². The summed E-state index contributed by atoms with van der Waals surface area (Å²) in [4.78, 5) is 38.6. The molecular formula is C56H83ClN4O6S2. The van der Waals surface area contributed by atoms with Crippen LogP contribution in [0.2, 0.25) is 4.34 Å². The van der Waals surface area contributed by atoms with Crippen LogP contribution < -0.4 is 9.47 Å². The number of nitrogens with zero attached hydrogens (tertiary/aromatic N) is 4. The van der Waals surface area contributed by atoms with E-state index in [2.05, 4.69) is 113 Å². The zero-order chi connectivity index (χ0) is 51.8. The number of rotatable bonds is 6. The van der Waals surface area contributed by atoms with Crippen LogP contribution in [0.15, 0.2) is 29.6 Å². The number of likely N-dealkylation sites (tertiary alicyclic amines) is 2. The van der Waals surface area contributed by atoms with E-state index in [1.807, 2.05) is 46.4 Å². The SMILES string of the molecule is COc1c(C(C)(C)C)cc(-c2csc(C3CCN(C(=O)OC(C)(C)C)CC3)n2)cc1C(C)(C)C.COc1c(C(C)(C)C)cc(-c2nc(C3CCN(C(=O)OC(C)(C)C)CC3)sc2Cl)cc1C(C)(C)C. The first kappa shape index (κ1) is 56.0. The van der Waals surface area contributed by atoms with Crippen molar-refractivity contribution < 1.29 is 28.5 Å². The third-order valence-electron chi connectivity index (χ3n) is 12.5. The maximum Gasteiger partial charge on any atom is 0.410 e. The van der Waals surface area contributed by atoms with Crippen molar-refractivity contribution in [3.05, 3.63) is 66.3 Å². The lowest BCUT2D eigenvalue weighted by molar-refractivity contribution is 0.0194. The number of aromatic nitrogens is 2. The highest BCUT2D eigenvalue weighted by Crippen LogP contribution is 2.47. The van der Waals surface area contributed by atoms with Gasteiger partial charge in [-0.25, -0.2) is 19.6 Å². The van der Waals surface area contributed by atoms with Gasteiger partial charge in [-0.2, -0.15) is 0 Å². The van der Waals surface area contributed by atoms with E-state index in [0.29, 0.717) is 36.4 Å². The molecule has 0 saturated carbocycles. The van der Waals surface area contributed by atoms with Gasteiger partial charge in [-0.1, -0.05) is 94.7 Å². The van der Waals surface area contributed by atoms with Crippen molar-refractivity contribution in [2.75, 3.05) is 40.4 Å². The minimum absolute atomic E-state index is 0.0469. The summed E-state index contributed by atoms with van der Waals surface area (Å²) in [7, 11) is 3.52. The molecule has 2 aliphatic rings. The standard InChI is InChI=1S/C28H41ClN2O3S.C28H42N2O3S/c1-26(2,3)19-15-18(16-20(22(19)33-10)27(4,5)6)21-23(29)35-24(30-21)17-11-13-31(14-12-17)25(32)34-28(7,8)9;1-26(2,3)20-15-19(16-21(23(20)32-10)27(4,5)6)22-17-34-24(29-22)18-11-13-30(14-12-18)25(31)33-28(7,8)9/h15-17H,11-14H2,1-10H3;15-18H,11-14H2,1-10H3. The Kier molecular flexibility index (Phi) is 17.1. The molecule has 13 heteroatoms. The molecule has 0 aliphatic carbocycles. The van der Waals surface area contributed by atoms with Crippen molar-refractivity contribution in [3.63, 3.8) is 0 Å². The molecule has 2 aromatic carbocycles. The molecule has 2 fully saturated rings. The molecule has 2 aromatic heterocycles. The number of thiazole rings is 2. The minimum Gasteiger partial charge on any atom is -0.496 e. The number of hydrogen-bond acceptors (Lipinski definition) is 10. The molecule has 4 heterocycles. The van der Waals surface area contributed by atoms with Gasteiger partial charge in [0.2, 0.25) is 0 Å². The molecule has 0 unspecified atom stereocenters. The number of amides is 2. The second kappa shape index (κ2) is 21.1. The second-order valence-corrected chi connectivity index (χ2v) is 27.5. The van der Waals surface area contributed by atoms with Gasteiger partial charge in [0.05, 0.1) is 29.9 Å². The van der Waals surface area contributed by atoms with Crippen molar-refractivity contribution in [1.82, 2.24) is 19.8 Å². The van der Waals surface area contributed by atoms with E-state index in [4.69, 9.17) is 40.5 Å². The molecular weight excluding hydrogens is 924 g/mol. The fourth-order valence-electron chi connectivity index (χ4n) is 8.76. The van der Waals surface area contributed by atoms with Gasteiger partial charge in [-0.15, -0.1) is 22.7 Å². The molecule has 6 rings (SSSR count). The number of benzene rings is 2. The molecule has 4 aromatic rings. The summed E-state index contributed by atoms with van der Waals surface area (Å²) in [5.41, 5.74) is 7.51. The fourth-order valence-corrected chi connectivity index (χ4v) is 11.1. The zero-order valence-electron chi connectivity index (χ0n) is 45.6. The van der Waals surface area contributed by atoms with Crippen LogP contribution in [0.5, 0.6) is 11.5 Å². The van der Waals surface area contributed by atoms with Crippen LogP contribution in [0.4, 0.5) is 9.59 Å². The number of piperidine rings is 2. The summed E-state index contributed by atoms with van der Waals surface area (Å²) in [6.45, 7) is 40.7. The topological polar surface area (TPSA) is 103 Å². The van der Waals surface area contributed by atoms with Gasteiger partial charge in [-0.3, -0.25) is 0 Å². The maximum atomic E-state index is 12.4. The Morgan fingerprint density at radius 2 is 0.899 bits per heavy atom. The average molecular weight is 1010 g/mol. The lowest BCUT2D eigenvalue weighted by Gasteiger charge is -2.32. The number of carbonyl (C=O) groups is 2. The van der Waals surface area contributed by atoms with Crippen molar-refractivity contribution in [1.29, 1.82) is 0 Å². The highest BCUT2D eigenvalue weighted by molar-refractivity contribution is 7.16. The van der Waals surface area contributed by atoms with Gasteiger partial charge in [-0.05, 0) is 113 Å². The first-order valence-electron chi connectivity index (χ1n) is 24.7.